The first kappa shape index (κ1) is 13.6. The molecule has 1 aromatic carbocycles. The van der Waals surface area contributed by atoms with Gasteiger partial charge in [0.05, 0.1) is 6.42 Å². The Balaban J connectivity index is 2.78. The van der Waals surface area contributed by atoms with Gasteiger partial charge < -0.3 is 10.0 Å². The SMILES string of the molecule is CCc1ccc(N(CCC(=O)O)C(C)C)cc1. The summed E-state index contributed by atoms with van der Waals surface area (Å²) in [7, 11) is 0. The molecule has 3 heteroatoms. The average Bonchev–Trinajstić information content (AvgIpc) is 2.29. The van der Waals surface area contributed by atoms with Crippen LogP contribution in [-0.4, -0.2) is 23.7 Å². The number of carboxylic acid groups (broad SMARTS) is 1. The van der Waals surface area contributed by atoms with E-state index in [0.29, 0.717) is 12.6 Å². The molecule has 0 spiro atoms. The van der Waals surface area contributed by atoms with E-state index in [4.69, 9.17) is 5.11 Å². The van der Waals surface area contributed by atoms with Crippen LogP contribution in [0.4, 0.5) is 5.69 Å². The first-order valence-corrected chi connectivity index (χ1v) is 6.12. The normalized spacial score (nSPS) is 10.6. The van der Waals surface area contributed by atoms with Crippen LogP contribution in [0.5, 0.6) is 0 Å². The number of carboxylic acids is 1. The van der Waals surface area contributed by atoms with Gasteiger partial charge in [-0.1, -0.05) is 19.1 Å². The number of aryl methyl sites for hydroxylation is 1. The predicted molar refractivity (Wildman–Crippen MR) is 70.6 cm³/mol. The highest BCUT2D eigenvalue weighted by Crippen LogP contribution is 2.18. The second-order valence-electron chi connectivity index (χ2n) is 4.45. The molecule has 0 unspecified atom stereocenters. The van der Waals surface area contributed by atoms with Gasteiger partial charge in [-0.3, -0.25) is 4.79 Å². The number of nitrogens with zero attached hydrogens (tertiary/aromatic N) is 1. The van der Waals surface area contributed by atoms with Gasteiger partial charge in [0.1, 0.15) is 0 Å². The lowest BCUT2D eigenvalue weighted by Crippen LogP contribution is -2.32. The fourth-order valence-electron chi connectivity index (χ4n) is 1.82. The monoisotopic (exact) mass is 235 g/mol. The van der Waals surface area contributed by atoms with Crippen molar-refractivity contribution in [2.24, 2.45) is 0 Å². The highest BCUT2D eigenvalue weighted by Gasteiger charge is 2.11. The minimum absolute atomic E-state index is 0.174. The highest BCUT2D eigenvalue weighted by molar-refractivity contribution is 5.67. The van der Waals surface area contributed by atoms with Crippen molar-refractivity contribution in [3.05, 3.63) is 29.8 Å². The van der Waals surface area contributed by atoms with Crippen LogP contribution in [-0.2, 0) is 11.2 Å². The Morgan fingerprint density at radius 2 is 1.88 bits per heavy atom. The lowest BCUT2D eigenvalue weighted by Gasteiger charge is -2.28. The van der Waals surface area contributed by atoms with E-state index in [9.17, 15) is 4.79 Å². The molecular formula is C14H21NO2. The largest absolute Gasteiger partial charge is 0.481 e. The van der Waals surface area contributed by atoms with Gasteiger partial charge in [0.25, 0.3) is 0 Å². The molecule has 0 heterocycles. The summed E-state index contributed by atoms with van der Waals surface area (Å²) in [5.41, 5.74) is 2.40. The first-order chi connectivity index (χ1) is 8.04. The van der Waals surface area contributed by atoms with Crippen molar-refractivity contribution in [1.82, 2.24) is 0 Å². The predicted octanol–water partition coefficient (Wildman–Crippen LogP) is 2.94. The van der Waals surface area contributed by atoms with E-state index in [1.807, 2.05) is 0 Å². The number of hydrogen-bond acceptors (Lipinski definition) is 2. The first-order valence-electron chi connectivity index (χ1n) is 6.12. The molecule has 1 rings (SSSR count). The van der Waals surface area contributed by atoms with Crippen LogP contribution >= 0.6 is 0 Å². The summed E-state index contributed by atoms with van der Waals surface area (Å²) < 4.78 is 0. The smallest absolute Gasteiger partial charge is 0.305 e. The molecule has 3 nitrogen and oxygen atoms in total. The zero-order valence-electron chi connectivity index (χ0n) is 10.8. The Kier molecular flexibility index (Phi) is 5.01. The number of anilines is 1. The molecule has 0 aliphatic rings. The van der Waals surface area contributed by atoms with Crippen molar-refractivity contribution in [1.29, 1.82) is 0 Å². The quantitative estimate of drug-likeness (QED) is 0.824. The molecule has 0 amide bonds. The van der Waals surface area contributed by atoms with Gasteiger partial charge in [-0.05, 0) is 38.0 Å². The topological polar surface area (TPSA) is 40.5 Å². The van der Waals surface area contributed by atoms with E-state index in [0.717, 1.165) is 12.1 Å². The van der Waals surface area contributed by atoms with Crippen LogP contribution < -0.4 is 4.90 Å². The zero-order chi connectivity index (χ0) is 12.8. The van der Waals surface area contributed by atoms with Gasteiger partial charge in [-0.15, -0.1) is 0 Å². The number of carbonyl (C=O) groups is 1. The Bertz CT molecular complexity index is 357. The second kappa shape index (κ2) is 6.28. The molecule has 0 bridgehead atoms. The minimum atomic E-state index is -0.749. The van der Waals surface area contributed by atoms with Gasteiger partial charge in [0, 0.05) is 18.3 Å². The molecule has 0 aliphatic carbocycles. The summed E-state index contributed by atoms with van der Waals surface area (Å²) in [6, 6.07) is 8.65. The van der Waals surface area contributed by atoms with Gasteiger partial charge in [-0.2, -0.15) is 0 Å². The molecule has 0 saturated heterocycles. The van der Waals surface area contributed by atoms with Crippen LogP contribution in [0.2, 0.25) is 0 Å². The lowest BCUT2D eigenvalue weighted by molar-refractivity contribution is -0.136. The Labute approximate surface area is 103 Å². The number of hydrogen-bond donors (Lipinski definition) is 1. The van der Waals surface area contributed by atoms with Crippen LogP contribution in [0, 0.1) is 0 Å². The summed E-state index contributed by atoms with van der Waals surface area (Å²) >= 11 is 0. The number of benzene rings is 1. The van der Waals surface area contributed by atoms with Crippen LogP contribution in [0.25, 0.3) is 0 Å². The maximum absolute atomic E-state index is 10.6. The molecule has 0 fully saturated rings. The fraction of sp³-hybridized carbons (Fsp3) is 0.500. The fourth-order valence-corrected chi connectivity index (χ4v) is 1.82. The maximum Gasteiger partial charge on any atom is 0.305 e. The lowest BCUT2D eigenvalue weighted by atomic mass is 10.1. The summed E-state index contributed by atoms with van der Waals surface area (Å²) in [6.07, 6.45) is 1.20. The Morgan fingerprint density at radius 3 is 2.29 bits per heavy atom. The molecule has 0 saturated carbocycles. The van der Waals surface area contributed by atoms with Crippen molar-refractivity contribution in [2.75, 3.05) is 11.4 Å². The van der Waals surface area contributed by atoms with Crippen molar-refractivity contribution in [3.63, 3.8) is 0 Å². The van der Waals surface area contributed by atoms with E-state index in [-0.39, 0.29) is 6.42 Å². The number of aliphatic carboxylic acids is 1. The van der Waals surface area contributed by atoms with Crippen molar-refractivity contribution in [3.8, 4) is 0 Å². The van der Waals surface area contributed by atoms with E-state index in [1.165, 1.54) is 5.56 Å². The molecule has 1 N–H and O–H groups in total. The van der Waals surface area contributed by atoms with Gasteiger partial charge in [0.2, 0.25) is 0 Å². The molecule has 0 radical (unpaired) electrons. The average molecular weight is 235 g/mol. The second-order valence-corrected chi connectivity index (χ2v) is 4.45. The van der Waals surface area contributed by atoms with E-state index < -0.39 is 5.97 Å². The molecule has 0 aliphatic heterocycles. The van der Waals surface area contributed by atoms with Crippen LogP contribution in [0.15, 0.2) is 24.3 Å². The van der Waals surface area contributed by atoms with Crippen molar-refractivity contribution >= 4 is 11.7 Å². The Morgan fingerprint density at radius 1 is 1.29 bits per heavy atom. The zero-order valence-corrected chi connectivity index (χ0v) is 10.8. The minimum Gasteiger partial charge on any atom is -0.481 e. The van der Waals surface area contributed by atoms with Crippen molar-refractivity contribution < 1.29 is 9.90 Å². The highest BCUT2D eigenvalue weighted by atomic mass is 16.4. The summed E-state index contributed by atoms with van der Waals surface area (Å²) in [5.74, 6) is -0.749. The van der Waals surface area contributed by atoms with E-state index >= 15 is 0 Å². The molecular weight excluding hydrogens is 214 g/mol. The molecule has 94 valence electrons. The maximum atomic E-state index is 10.6. The third-order valence-corrected chi connectivity index (χ3v) is 2.87. The third kappa shape index (κ3) is 4.10. The van der Waals surface area contributed by atoms with Crippen LogP contribution in [0.1, 0.15) is 32.8 Å². The van der Waals surface area contributed by atoms with Gasteiger partial charge in [-0.25, -0.2) is 0 Å². The molecule has 0 atom stereocenters. The van der Waals surface area contributed by atoms with Crippen LogP contribution in [0.3, 0.4) is 0 Å². The summed E-state index contributed by atoms with van der Waals surface area (Å²) in [6.45, 7) is 6.84. The standard InChI is InChI=1S/C14H21NO2/c1-4-12-5-7-13(8-6-12)15(11(2)3)10-9-14(16)17/h5-8,11H,4,9-10H2,1-3H3,(H,16,17). The van der Waals surface area contributed by atoms with Gasteiger partial charge >= 0.3 is 5.97 Å². The Hall–Kier alpha value is -1.51. The van der Waals surface area contributed by atoms with E-state index in [2.05, 4.69) is 49.9 Å². The van der Waals surface area contributed by atoms with E-state index in [1.54, 1.807) is 0 Å². The summed E-state index contributed by atoms with van der Waals surface area (Å²) in [4.78, 5) is 12.8. The molecule has 17 heavy (non-hydrogen) atoms. The summed E-state index contributed by atoms with van der Waals surface area (Å²) in [5, 5.41) is 8.75. The van der Waals surface area contributed by atoms with Crippen molar-refractivity contribution in [2.45, 2.75) is 39.7 Å². The molecule has 0 aromatic heterocycles. The third-order valence-electron chi connectivity index (χ3n) is 2.87. The number of rotatable bonds is 6. The molecule has 1 aromatic rings. The van der Waals surface area contributed by atoms with Gasteiger partial charge in [0.15, 0.2) is 0 Å².